The van der Waals surface area contributed by atoms with Crippen molar-refractivity contribution in [3.63, 3.8) is 0 Å². The summed E-state index contributed by atoms with van der Waals surface area (Å²) in [7, 11) is 0. The number of hydrogen-bond acceptors (Lipinski definition) is 8. The zero-order valence-corrected chi connectivity index (χ0v) is 13.2. The molecule has 8 heteroatoms. The first-order chi connectivity index (χ1) is 11.0. The van der Waals surface area contributed by atoms with Crippen LogP contribution in [-0.2, 0) is 11.3 Å². The number of nitrogens with zero attached hydrogens (tertiary/aromatic N) is 2. The van der Waals surface area contributed by atoms with Gasteiger partial charge in [-0.05, 0) is 30.9 Å². The maximum absolute atomic E-state index is 12.1. The molecule has 0 aromatic carbocycles. The highest BCUT2D eigenvalue weighted by atomic mass is 32.1. The number of thiophene rings is 1. The van der Waals surface area contributed by atoms with Crippen molar-refractivity contribution in [1.29, 1.82) is 0 Å². The average molecular weight is 332 g/mol. The first-order valence-electron chi connectivity index (χ1n) is 6.69. The Bertz CT molecular complexity index is 869. The van der Waals surface area contributed by atoms with E-state index in [9.17, 15) is 9.59 Å². The number of carbonyl (C=O) groups is 1. The highest BCUT2D eigenvalue weighted by molar-refractivity contribution is 7.13. The molecule has 0 atom stereocenters. The summed E-state index contributed by atoms with van der Waals surface area (Å²) >= 11 is 1.48. The lowest BCUT2D eigenvalue weighted by atomic mass is 10.1. The molecule has 0 N–H and O–H groups in total. The van der Waals surface area contributed by atoms with Gasteiger partial charge in [0, 0.05) is 6.07 Å². The predicted molar refractivity (Wildman–Crippen MR) is 81.2 cm³/mol. The van der Waals surface area contributed by atoms with Crippen molar-refractivity contribution in [3.05, 3.63) is 56.8 Å². The van der Waals surface area contributed by atoms with Crippen LogP contribution < -0.4 is 5.63 Å². The second-order valence-corrected chi connectivity index (χ2v) is 5.69. The van der Waals surface area contributed by atoms with E-state index in [4.69, 9.17) is 13.7 Å². The van der Waals surface area contributed by atoms with Crippen molar-refractivity contribution in [2.75, 3.05) is 0 Å². The third kappa shape index (κ3) is 3.21. The number of aryl methyl sites for hydroxylation is 2. The molecule has 0 bridgehead atoms. The summed E-state index contributed by atoms with van der Waals surface area (Å²) in [5.74, 6) is 0.239. The molecule has 118 valence electrons. The summed E-state index contributed by atoms with van der Waals surface area (Å²) < 4.78 is 15.1. The summed E-state index contributed by atoms with van der Waals surface area (Å²) in [5, 5.41) is 5.73. The molecule has 0 radical (unpaired) electrons. The fourth-order valence-corrected chi connectivity index (χ4v) is 2.73. The molecule has 0 aliphatic rings. The van der Waals surface area contributed by atoms with Gasteiger partial charge >= 0.3 is 11.6 Å². The van der Waals surface area contributed by atoms with Gasteiger partial charge in [-0.15, -0.1) is 11.3 Å². The van der Waals surface area contributed by atoms with E-state index in [2.05, 4.69) is 10.1 Å². The van der Waals surface area contributed by atoms with Crippen LogP contribution in [-0.4, -0.2) is 16.1 Å². The number of hydrogen-bond donors (Lipinski definition) is 0. The smallest absolute Gasteiger partial charge is 0.342 e. The van der Waals surface area contributed by atoms with Gasteiger partial charge in [0.1, 0.15) is 11.3 Å². The predicted octanol–water partition coefficient (Wildman–Crippen LogP) is 2.73. The second-order valence-electron chi connectivity index (χ2n) is 4.74. The summed E-state index contributed by atoms with van der Waals surface area (Å²) in [5.41, 5.74) is 0.213. The third-order valence-electron chi connectivity index (χ3n) is 3.07. The number of ether oxygens (including phenoxy) is 1. The number of rotatable bonds is 4. The van der Waals surface area contributed by atoms with Gasteiger partial charge in [0.25, 0.3) is 5.89 Å². The first-order valence-corrected chi connectivity index (χ1v) is 7.57. The Balaban J connectivity index is 1.72. The standard InChI is InChI=1S/C15H12N2O5S/c1-8-6-12(18)21-9(2)13(8)15(19)20-7-11-16-14(17-22-11)10-4-3-5-23-10/h3-6H,7H2,1-2H3. The van der Waals surface area contributed by atoms with Crippen molar-refractivity contribution in [2.24, 2.45) is 0 Å². The molecule has 0 saturated carbocycles. The lowest BCUT2D eigenvalue weighted by Crippen LogP contribution is -2.12. The Labute approximate surface area is 134 Å². The molecule has 23 heavy (non-hydrogen) atoms. The van der Waals surface area contributed by atoms with Crippen LogP contribution in [0.25, 0.3) is 10.7 Å². The molecule has 3 aromatic rings. The van der Waals surface area contributed by atoms with Gasteiger partial charge in [0.2, 0.25) is 5.82 Å². The number of aromatic nitrogens is 2. The van der Waals surface area contributed by atoms with Crippen molar-refractivity contribution in [3.8, 4) is 10.7 Å². The van der Waals surface area contributed by atoms with Crippen molar-refractivity contribution >= 4 is 17.3 Å². The Morgan fingerprint density at radius 1 is 1.39 bits per heavy atom. The van der Waals surface area contributed by atoms with Gasteiger partial charge in [0.15, 0.2) is 6.61 Å². The first kappa shape index (κ1) is 15.2. The topological polar surface area (TPSA) is 95.4 Å². The van der Waals surface area contributed by atoms with E-state index in [0.717, 1.165) is 4.88 Å². The van der Waals surface area contributed by atoms with Gasteiger partial charge in [-0.1, -0.05) is 11.2 Å². The third-order valence-corrected chi connectivity index (χ3v) is 3.94. The number of esters is 1. The zero-order valence-electron chi connectivity index (χ0n) is 12.4. The van der Waals surface area contributed by atoms with Crippen molar-refractivity contribution < 1.29 is 18.5 Å². The fraction of sp³-hybridized carbons (Fsp3) is 0.200. The second kappa shape index (κ2) is 6.17. The highest BCUT2D eigenvalue weighted by Crippen LogP contribution is 2.21. The SMILES string of the molecule is Cc1cc(=O)oc(C)c1C(=O)OCc1nc(-c2cccs2)no1. The molecule has 7 nitrogen and oxygen atoms in total. The average Bonchev–Trinajstić information content (AvgIpc) is 3.15. The molecule has 0 spiro atoms. The summed E-state index contributed by atoms with van der Waals surface area (Å²) in [4.78, 5) is 28.4. The van der Waals surface area contributed by atoms with Crippen LogP contribution in [0.1, 0.15) is 27.6 Å². The molecule has 0 amide bonds. The Kier molecular flexibility index (Phi) is 4.07. The maximum atomic E-state index is 12.1. The van der Waals surface area contributed by atoms with Crippen LogP contribution in [0.4, 0.5) is 0 Å². The van der Waals surface area contributed by atoms with Gasteiger partial charge in [0.05, 0.1) is 4.88 Å². The van der Waals surface area contributed by atoms with E-state index in [1.165, 1.54) is 24.3 Å². The van der Waals surface area contributed by atoms with Gasteiger partial charge in [-0.25, -0.2) is 9.59 Å². The van der Waals surface area contributed by atoms with E-state index in [1.807, 2.05) is 17.5 Å². The van der Waals surface area contributed by atoms with E-state index in [-0.39, 0.29) is 23.8 Å². The zero-order chi connectivity index (χ0) is 16.4. The molecule has 3 aromatic heterocycles. The number of carbonyl (C=O) groups excluding carboxylic acids is 1. The molecule has 3 rings (SSSR count). The van der Waals surface area contributed by atoms with Gasteiger partial charge in [-0.3, -0.25) is 0 Å². The molecule has 0 saturated heterocycles. The minimum absolute atomic E-state index is 0.158. The summed E-state index contributed by atoms with van der Waals surface area (Å²) in [6, 6.07) is 4.99. The minimum atomic E-state index is -0.611. The Morgan fingerprint density at radius 3 is 2.91 bits per heavy atom. The van der Waals surface area contributed by atoms with E-state index >= 15 is 0 Å². The lowest BCUT2D eigenvalue weighted by molar-refractivity contribution is 0.0424. The Hall–Kier alpha value is -2.74. The quantitative estimate of drug-likeness (QED) is 0.678. The van der Waals surface area contributed by atoms with Crippen molar-refractivity contribution in [2.45, 2.75) is 20.5 Å². The van der Waals surface area contributed by atoms with Gasteiger partial charge in [-0.2, -0.15) is 4.98 Å². The molecular weight excluding hydrogens is 320 g/mol. The van der Waals surface area contributed by atoms with Crippen LogP contribution in [0.15, 0.2) is 37.3 Å². The van der Waals surface area contributed by atoms with E-state index in [1.54, 1.807) is 6.92 Å². The summed E-state index contributed by atoms with van der Waals surface area (Å²) in [6.45, 7) is 3.02. The van der Waals surface area contributed by atoms with Gasteiger partial charge < -0.3 is 13.7 Å². The largest absolute Gasteiger partial charge is 0.452 e. The van der Waals surface area contributed by atoms with Crippen LogP contribution in [0.5, 0.6) is 0 Å². The molecule has 0 unspecified atom stereocenters. The minimum Gasteiger partial charge on any atom is -0.452 e. The normalized spacial score (nSPS) is 10.7. The van der Waals surface area contributed by atoms with E-state index in [0.29, 0.717) is 11.4 Å². The molecule has 0 aliphatic carbocycles. The van der Waals surface area contributed by atoms with Crippen LogP contribution in [0.2, 0.25) is 0 Å². The van der Waals surface area contributed by atoms with E-state index < -0.39 is 11.6 Å². The fourth-order valence-electron chi connectivity index (χ4n) is 2.08. The highest BCUT2D eigenvalue weighted by Gasteiger charge is 2.18. The maximum Gasteiger partial charge on any atom is 0.342 e. The monoisotopic (exact) mass is 332 g/mol. The Morgan fingerprint density at radius 2 is 2.22 bits per heavy atom. The molecular formula is C15H12N2O5S. The van der Waals surface area contributed by atoms with Crippen LogP contribution >= 0.6 is 11.3 Å². The van der Waals surface area contributed by atoms with Crippen LogP contribution in [0, 0.1) is 13.8 Å². The molecule has 3 heterocycles. The summed E-state index contributed by atoms with van der Waals surface area (Å²) in [6.07, 6.45) is 0. The van der Waals surface area contributed by atoms with Crippen LogP contribution in [0.3, 0.4) is 0 Å². The molecule has 0 fully saturated rings. The lowest BCUT2D eigenvalue weighted by Gasteiger charge is -2.06. The van der Waals surface area contributed by atoms with Crippen molar-refractivity contribution in [1.82, 2.24) is 10.1 Å². The molecule has 0 aliphatic heterocycles.